The Morgan fingerprint density at radius 2 is 1.85 bits per heavy atom. The summed E-state index contributed by atoms with van der Waals surface area (Å²) in [6, 6.07) is 14.8. The molecule has 0 bridgehead atoms. The Kier molecular flexibility index (Phi) is 4.05. The molecule has 0 amide bonds. The predicted molar refractivity (Wildman–Crippen MR) is 102 cm³/mol. The predicted octanol–water partition coefficient (Wildman–Crippen LogP) is 4.85. The first-order valence-electron chi connectivity index (χ1n) is 8.33. The monoisotopic (exact) mass is 344 g/mol. The van der Waals surface area contributed by atoms with Crippen LogP contribution in [0, 0.1) is 12.7 Å². The van der Waals surface area contributed by atoms with Gasteiger partial charge in [-0.25, -0.2) is 14.4 Å². The smallest absolute Gasteiger partial charge is 0.163 e. The van der Waals surface area contributed by atoms with Crippen LogP contribution in [0.3, 0.4) is 0 Å². The molecule has 2 aromatic heterocycles. The molecule has 0 atom stereocenters. The van der Waals surface area contributed by atoms with E-state index in [1.54, 1.807) is 25.4 Å². The van der Waals surface area contributed by atoms with Crippen molar-refractivity contribution in [1.29, 1.82) is 0 Å². The third-order valence-electron chi connectivity index (χ3n) is 4.43. The molecular weight excluding hydrogens is 327 g/mol. The Labute approximate surface area is 150 Å². The van der Waals surface area contributed by atoms with E-state index >= 15 is 0 Å². The van der Waals surface area contributed by atoms with Crippen LogP contribution in [0.25, 0.3) is 33.4 Å². The standard InChI is InChI=1S/C21H17FN4/c1-13-16(6-3-7-18(13)22)14-8-9-19-17(11-14)21(23-2)26-20(25-19)15-5-4-10-24-12-15/h3-12H,1-2H3,(H,23,25,26). The third kappa shape index (κ3) is 2.77. The van der Waals surface area contributed by atoms with E-state index in [1.807, 2.05) is 43.4 Å². The number of aromatic nitrogens is 3. The highest BCUT2D eigenvalue weighted by Gasteiger charge is 2.12. The molecule has 5 heteroatoms. The normalized spacial score (nSPS) is 10.9. The van der Waals surface area contributed by atoms with Gasteiger partial charge in [-0.05, 0) is 53.9 Å². The minimum atomic E-state index is -0.209. The third-order valence-corrected chi connectivity index (χ3v) is 4.43. The minimum absolute atomic E-state index is 0.209. The quantitative estimate of drug-likeness (QED) is 0.577. The van der Waals surface area contributed by atoms with Crippen molar-refractivity contribution in [2.45, 2.75) is 6.92 Å². The number of halogens is 1. The fourth-order valence-corrected chi connectivity index (χ4v) is 3.03. The Balaban J connectivity index is 1.90. The van der Waals surface area contributed by atoms with Crippen molar-refractivity contribution in [3.05, 3.63) is 72.3 Å². The number of hydrogen-bond acceptors (Lipinski definition) is 4. The first-order valence-corrected chi connectivity index (χ1v) is 8.33. The van der Waals surface area contributed by atoms with Gasteiger partial charge in [-0.2, -0.15) is 0 Å². The molecule has 0 radical (unpaired) electrons. The van der Waals surface area contributed by atoms with Gasteiger partial charge >= 0.3 is 0 Å². The highest BCUT2D eigenvalue weighted by atomic mass is 19.1. The minimum Gasteiger partial charge on any atom is -0.373 e. The molecule has 0 fully saturated rings. The van der Waals surface area contributed by atoms with Crippen molar-refractivity contribution >= 4 is 16.7 Å². The lowest BCUT2D eigenvalue weighted by Crippen LogP contribution is -1.99. The van der Waals surface area contributed by atoms with E-state index in [9.17, 15) is 4.39 Å². The van der Waals surface area contributed by atoms with Gasteiger partial charge in [0.25, 0.3) is 0 Å². The van der Waals surface area contributed by atoms with Gasteiger partial charge in [-0.1, -0.05) is 18.2 Å². The molecule has 1 N–H and O–H groups in total. The zero-order valence-corrected chi connectivity index (χ0v) is 14.5. The van der Waals surface area contributed by atoms with Crippen molar-refractivity contribution in [2.75, 3.05) is 12.4 Å². The fraction of sp³-hybridized carbons (Fsp3) is 0.0952. The summed E-state index contributed by atoms with van der Waals surface area (Å²) in [6.45, 7) is 1.79. The van der Waals surface area contributed by atoms with E-state index in [0.29, 0.717) is 11.4 Å². The first-order chi connectivity index (χ1) is 12.7. The summed E-state index contributed by atoms with van der Waals surface area (Å²) < 4.78 is 13.9. The molecule has 26 heavy (non-hydrogen) atoms. The number of fused-ring (bicyclic) bond motifs is 1. The van der Waals surface area contributed by atoms with Crippen molar-refractivity contribution in [1.82, 2.24) is 15.0 Å². The van der Waals surface area contributed by atoms with E-state index in [0.717, 1.165) is 33.4 Å². The van der Waals surface area contributed by atoms with Crippen LogP contribution < -0.4 is 5.32 Å². The molecular formula is C21H17FN4. The van der Waals surface area contributed by atoms with Gasteiger partial charge < -0.3 is 5.32 Å². The molecule has 2 aromatic carbocycles. The Bertz CT molecular complexity index is 1090. The SMILES string of the molecule is CNc1nc(-c2cccnc2)nc2ccc(-c3cccc(F)c3C)cc12. The van der Waals surface area contributed by atoms with Crippen LogP contribution in [-0.2, 0) is 0 Å². The lowest BCUT2D eigenvalue weighted by molar-refractivity contribution is 0.619. The molecule has 0 saturated carbocycles. The second kappa shape index (κ2) is 6.52. The van der Waals surface area contributed by atoms with Crippen LogP contribution in [0.5, 0.6) is 0 Å². The van der Waals surface area contributed by atoms with E-state index < -0.39 is 0 Å². The zero-order valence-electron chi connectivity index (χ0n) is 14.5. The van der Waals surface area contributed by atoms with Gasteiger partial charge in [0.05, 0.1) is 5.52 Å². The van der Waals surface area contributed by atoms with Crippen LogP contribution in [0.4, 0.5) is 10.2 Å². The summed E-state index contributed by atoms with van der Waals surface area (Å²) in [6.07, 6.45) is 3.46. The summed E-state index contributed by atoms with van der Waals surface area (Å²) in [7, 11) is 1.83. The summed E-state index contributed by atoms with van der Waals surface area (Å²) in [4.78, 5) is 13.4. The van der Waals surface area contributed by atoms with Crippen molar-refractivity contribution in [2.24, 2.45) is 0 Å². The number of rotatable bonds is 3. The molecule has 128 valence electrons. The largest absolute Gasteiger partial charge is 0.373 e. The maximum Gasteiger partial charge on any atom is 0.163 e. The molecule has 4 nitrogen and oxygen atoms in total. The van der Waals surface area contributed by atoms with Gasteiger partial charge in [0.2, 0.25) is 0 Å². The van der Waals surface area contributed by atoms with Crippen LogP contribution in [0.2, 0.25) is 0 Å². The maximum absolute atomic E-state index is 13.9. The number of pyridine rings is 1. The molecule has 0 aliphatic heterocycles. The van der Waals surface area contributed by atoms with Gasteiger partial charge in [-0.3, -0.25) is 4.98 Å². The second-order valence-corrected chi connectivity index (χ2v) is 6.03. The average molecular weight is 344 g/mol. The highest BCUT2D eigenvalue weighted by Crippen LogP contribution is 2.31. The van der Waals surface area contributed by atoms with Gasteiger partial charge in [0.1, 0.15) is 11.6 Å². The van der Waals surface area contributed by atoms with Crippen molar-refractivity contribution in [3.8, 4) is 22.5 Å². The fourth-order valence-electron chi connectivity index (χ4n) is 3.03. The van der Waals surface area contributed by atoms with E-state index in [-0.39, 0.29) is 5.82 Å². The number of hydrogen-bond donors (Lipinski definition) is 1. The van der Waals surface area contributed by atoms with Crippen molar-refractivity contribution in [3.63, 3.8) is 0 Å². The molecule has 0 aliphatic rings. The van der Waals surface area contributed by atoms with E-state index in [4.69, 9.17) is 0 Å². The first kappa shape index (κ1) is 16.1. The van der Waals surface area contributed by atoms with E-state index in [1.165, 1.54) is 6.07 Å². The summed E-state index contributed by atoms with van der Waals surface area (Å²) in [5.41, 5.74) is 4.11. The molecule has 2 heterocycles. The highest BCUT2D eigenvalue weighted by molar-refractivity contribution is 5.94. The molecule has 0 aliphatic carbocycles. The molecule has 4 aromatic rings. The molecule has 0 saturated heterocycles. The topological polar surface area (TPSA) is 50.7 Å². The molecule has 4 rings (SSSR count). The molecule has 0 unspecified atom stereocenters. The number of benzene rings is 2. The number of nitrogens with one attached hydrogen (secondary N) is 1. The van der Waals surface area contributed by atoms with Gasteiger partial charge in [0, 0.05) is 30.4 Å². The second-order valence-electron chi connectivity index (χ2n) is 6.03. The Hall–Kier alpha value is -3.34. The average Bonchev–Trinajstić information content (AvgIpc) is 2.69. The lowest BCUT2D eigenvalue weighted by atomic mass is 9.98. The lowest BCUT2D eigenvalue weighted by Gasteiger charge is -2.11. The number of anilines is 1. The van der Waals surface area contributed by atoms with Gasteiger partial charge in [-0.15, -0.1) is 0 Å². The van der Waals surface area contributed by atoms with Crippen molar-refractivity contribution < 1.29 is 4.39 Å². The number of nitrogens with zero attached hydrogens (tertiary/aromatic N) is 3. The maximum atomic E-state index is 13.9. The summed E-state index contributed by atoms with van der Waals surface area (Å²) in [5, 5.41) is 4.03. The van der Waals surface area contributed by atoms with Crippen LogP contribution in [-0.4, -0.2) is 22.0 Å². The Morgan fingerprint density at radius 1 is 0.962 bits per heavy atom. The Morgan fingerprint density at radius 3 is 2.62 bits per heavy atom. The van der Waals surface area contributed by atoms with Gasteiger partial charge in [0.15, 0.2) is 5.82 Å². The molecule has 0 spiro atoms. The zero-order chi connectivity index (χ0) is 18.1. The van der Waals surface area contributed by atoms with E-state index in [2.05, 4.69) is 20.3 Å². The summed E-state index contributed by atoms with van der Waals surface area (Å²) in [5.74, 6) is 1.13. The van der Waals surface area contributed by atoms with Crippen LogP contribution in [0.15, 0.2) is 60.9 Å². The summed E-state index contributed by atoms with van der Waals surface area (Å²) >= 11 is 0. The van der Waals surface area contributed by atoms with Crippen LogP contribution >= 0.6 is 0 Å². The van der Waals surface area contributed by atoms with Crippen LogP contribution in [0.1, 0.15) is 5.56 Å².